The van der Waals surface area contributed by atoms with Crippen molar-refractivity contribution in [1.29, 1.82) is 5.26 Å². The lowest BCUT2D eigenvalue weighted by Gasteiger charge is -2.06. The minimum Gasteiger partial charge on any atom is -0.465 e. The molecule has 5 heteroatoms. The monoisotopic (exact) mass is 224 g/mol. The van der Waals surface area contributed by atoms with Crippen LogP contribution in [0.5, 0.6) is 0 Å². The van der Waals surface area contributed by atoms with E-state index in [1.165, 1.54) is 19.2 Å². The Kier molecular flexibility index (Phi) is 3.67. The van der Waals surface area contributed by atoms with Crippen molar-refractivity contribution in [3.63, 3.8) is 0 Å². The van der Waals surface area contributed by atoms with Gasteiger partial charge in [0.1, 0.15) is 0 Å². The van der Waals surface area contributed by atoms with Crippen LogP contribution in [0, 0.1) is 11.3 Å². The molecule has 0 amide bonds. The molecule has 4 nitrogen and oxygen atoms in total. The van der Waals surface area contributed by atoms with E-state index in [2.05, 4.69) is 4.74 Å². The third-order valence-electron chi connectivity index (χ3n) is 1.94. The predicted molar refractivity (Wildman–Crippen MR) is 55.4 cm³/mol. The minimum absolute atomic E-state index is 0.174. The van der Waals surface area contributed by atoms with Gasteiger partial charge >= 0.3 is 5.97 Å². The fraction of sp³-hybridized carbons (Fsp3) is 0.200. The number of rotatable bonds is 2. The van der Waals surface area contributed by atoms with Crippen molar-refractivity contribution >= 4 is 17.6 Å². The Morgan fingerprint density at radius 2 is 2.33 bits per heavy atom. The van der Waals surface area contributed by atoms with Crippen LogP contribution in [0.1, 0.15) is 21.5 Å². The second kappa shape index (κ2) is 4.78. The molecule has 15 heavy (non-hydrogen) atoms. The number of ether oxygens (including phenoxy) is 1. The Morgan fingerprint density at radius 3 is 2.80 bits per heavy atom. The largest absolute Gasteiger partial charge is 0.465 e. The number of hydrogen-bond acceptors (Lipinski definition) is 4. The predicted octanol–water partition coefficient (Wildman–Crippen LogP) is 1.46. The smallest absolute Gasteiger partial charge is 0.339 e. The van der Waals surface area contributed by atoms with E-state index in [1.54, 1.807) is 0 Å². The molecule has 0 spiro atoms. The Bertz CT molecular complexity index is 438. The lowest BCUT2D eigenvalue weighted by atomic mass is 10.0. The number of methoxy groups -OCH3 is 1. The Morgan fingerprint density at radius 1 is 1.67 bits per heavy atom. The summed E-state index contributed by atoms with van der Waals surface area (Å²) in [7, 11) is 1.25. The number of nitrogens with two attached hydrogens (primary N) is 1. The Balaban J connectivity index is 3.33. The van der Waals surface area contributed by atoms with Gasteiger partial charge in [-0.2, -0.15) is 5.26 Å². The third-order valence-corrected chi connectivity index (χ3v) is 2.25. The number of nitrogens with zero attached hydrogens (tertiary/aromatic N) is 1. The maximum Gasteiger partial charge on any atom is 0.339 e. The summed E-state index contributed by atoms with van der Waals surface area (Å²) in [5.41, 5.74) is 6.54. The zero-order chi connectivity index (χ0) is 11.4. The van der Waals surface area contributed by atoms with Crippen LogP contribution in [-0.4, -0.2) is 13.1 Å². The van der Waals surface area contributed by atoms with Gasteiger partial charge in [-0.25, -0.2) is 4.79 Å². The molecule has 0 atom stereocenters. The van der Waals surface area contributed by atoms with Gasteiger partial charge in [0.05, 0.1) is 29.3 Å². The molecule has 1 aromatic rings. The first-order valence-electron chi connectivity index (χ1n) is 4.15. The zero-order valence-electron chi connectivity index (χ0n) is 8.08. The molecule has 0 bridgehead atoms. The lowest BCUT2D eigenvalue weighted by Crippen LogP contribution is -2.06. The lowest BCUT2D eigenvalue weighted by molar-refractivity contribution is 0.0601. The fourth-order valence-electron chi connectivity index (χ4n) is 1.15. The Labute approximate surface area is 92.2 Å². The molecule has 0 unspecified atom stereocenters. The minimum atomic E-state index is -0.569. The van der Waals surface area contributed by atoms with E-state index in [4.69, 9.17) is 22.6 Å². The number of carbonyl (C=O) groups is 1. The van der Waals surface area contributed by atoms with E-state index in [-0.39, 0.29) is 17.1 Å². The Hall–Kier alpha value is -1.57. The summed E-state index contributed by atoms with van der Waals surface area (Å²) in [4.78, 5) is 11.3. The SMILES string of the molecule is COC(=O)c1cc(C#N)c(CN)cc1Cl. The van der Waals surface area contributed by atoms with E-state index in [0.29, 0.717) is 11.1 Å². The van der Waals surface area contributed by atoms with Gasteiger partial charge in [-0.3, -0.25) is 0 Å². The number of esters is 1. The van der Waals surface area contributed by atoms with Crippen LogP contribution in [0.4, 0.5) is 0 Å². The number of hydrogen-bond donors (Lipinski definition) is 1. The second-order valence-electron chi connectivity index (χ2n) is 2.80. The quantitative estimate of drug-likeness (QED) is 0.772. The number of nitriles is 1. The standard InChI is InChI=1S/C10H9ClN2O2/c1-15-10(14)8-2-6(4-12)7(5-13)3-9(8)11/h2-3H,5,13H2,1H3. The van der Waals surface area contributed by atoms with Crippen molar-refractivity contribution in [3.05, 3.63) is 33.8 Å². The van der Waals surface area contributed by atoms with Crippen LogP contribution >= 0.6 is 11.6 Å². The molecule has 78 valence electrons. The maximum absolute atomic E-state index is 11.3. The molecule has 1 aromatic carbocycles. The summed E-state index contributed by atoms with van der Waals surface area (Å²) in [5, 5.41) is 9.06. The average Bonchev–Trinajstić information content (AvgIpc) is 2.27. The maximum atomic E-state index is 11.3. The first kappa shape index (κ1) is 11.5. The van der Waals surface area contributed by atoms with Crippen molar-refractivity contribution in [2.75, 3.05) is 7.11 Å². The van der Waals surface area contributed by atoms with Crippen molar-refractivity contribution in [2.45, 2.75) is 6.54 Å². The van der Waals surface area contributed by atoms with E-state index >= 15 is 0 Å². The van der Waals surface area contributed by atoms with Crippen LogP contribution in [0.25, 0.3) is 0 Å². The summed E-state index contributed by atoms with van der Waals surface area (Å²) in [6.07, 6.45) is 0. The molecular formula is C10H9ClN2O2. The number of halogens is 1. The van der Waals surface area contributed by atoms with Gasteiger partial charge in [0.2, 0.25) is 0 Å². The molecule has 0 saturated heterocycles. The number of carbonyl (C=O) groups excluding carboxylic acids is 1. The van der Waals surface area contributed by atoms with Gasteiger partial charge in [-0.15, -0.1) is 0 Å². The highest BCUT2D eigenvalue weighted by Crippen LogP contribution is 2.21. The first-order chi connectivity index (χ1) is 7.13. The second-order valence-corrected chi connectivity index (χ2v) is 3.20. The van der Waals surface area contributed by atoms with Gasteiger partial charge in [0, 0.05) is 6.54 Å². The van der Waals surface area contributed by atoms with Gasteiger partial charge in [-0.1, -0.05) is 11.6 Å². The van der Waals surface area contributed by atoms with Gasteiger partial charge in [-0.05, 0) is 17.7 Å². The molecule has 0 fully saturated rings. The highest BCUT2D eigenvalue weighted by atomic mass is 35.5. The van der Waals surface area contributed by atoms with Crippen molar-refractivity contribution in [1.82, 2.24) is 0 Å². The van der Waals surface area contributed by atoms with E-state index in [0.717, 1.165) is 0 Å². The number of benzene rings is 1. The molecule has 0 aromatic heterocycles. The molecule has 1 rings (SSSR count). The van der Waals surface area contributed by atoms with Gasteiger partial charge < -0.3 is 10.5 Å². The van der Waals surface area contributed by atoms with Crippen molar-refractivity contribution < 1.29 is 9.53 Å². The zero-order valence-corrected chi connectivity index (χ0v) is 8.84. The van der Waals surface area contributed by atoms with Crippen LogP contribution < -0.4 is 5.73 Å². The summed E-state index contributed by atoms with van der Waals surface area (Å²) >= 11 is 5.84. The topological polar surface area (TPSA) is 76.1 Å². The van der Waals surface area contributed by atoms with Crippen LogP contribution in [-0.2, 0) is 11.3 Å². The highest BCUT2D eigenvalue weighted by molar-refractivity contribution is 6.33. The van der Waals surface area contributed by atoms with Crippen molar-refractivity contribution in [2.24, 2.45) is 5.73 Å². The van der Waals surface area contributed by atoms with Crippen molar-refractivity contribution in [3.8, 4) is 6.07 Å². The first-order valence-corrected chi connectivity index (χ1v) is 4.52. The van der Waals surface area contributed by atoms with Gasteiger partial charge in [0.25, 0.3) is 0 Å². The van der Waals surface area contributed by atoms with Crippen LogP contribution in [0.2, 0.25) is 5.02 Å². The van der Waals surface area contributed by atoms with E-state index in [9.17, 15) is 4.79 Å². The van der Waals surface area contributed by atoms with E-state index in [1.807, 2.05) is 6.07 Å². The molecule has 0 aliphatic carbocycles. The van der Waals surface area contributed by atoms with E-state index < -0.39 is 5.97 Å². The highest BCUT2D eigenvalue weighted by Gasteiger charge is 2.14. The fourth-order valence-corrected chi connectivity index (χ4v) is 1.42. The summed E-state index contributed by atoms with van der Waals surface area (Å²) in [5.74, 6) is -0.569. The van der Waals surface area contributed by atoms with Crippen LogP contribution in [0.3, 0.4) is 0 Å². The summed E-state index contributed by atoms with van der Waals surface area (Å²) < 4.78 is 4.53. The normalized spacial score (nSPS) is 9.47. The average molecular weight is 225 g/mol. The molecule has 0 saturated carbocycles. The molecule has 2 N–H and O–H groups in total. The molecule has 0 radical (unpaired) electrons. The molecular weight excluding hydrogens is 216 g/mol. The summed E-state index contributed by atoms with van der Waals surface area (Å²) in [6.45, 7) is 0.198. The van der Waals surface area contributed by atoms with Gasteiger partial charge in [0.15, 0.2) is 0 Å². The molecule has 0 aliphatic heterocycles. The third kappa shape index (κ3) is 2.27. The summed E-state index contributed by atoms with van der Waals surface area (Å²) in [6, 6.07) is 4.84. The van der Waals surface area contributed by atoms with Crippen LogP contribution in [0.15, 0.2) is 12.1 Å². The molecule has 0 heterocycles. The molecule has 0 aliphatic rings.